The van der Waals surface area contributed by atoms with E-state index in [-0.39, 0.29) is 16.7 Å². The molecule has 0 aromatic heterocycles. The lowest BCUT2D eigenvalue weighted by atomic mass is 10.1. The van der Waals surface area contributed by atoms with Crippen LogP contribution in [-0.4, -0.2) is 66.1 Å². The van der Waals surface area contributed by atoms with E-state index in [0.717, 1.165) is 39.3 Å². The maximum absolute atomic E-state index is 12.4. The van der Waals surface area contributed by atoms with Gasteiger partial charge in [0.15, 0.2) is 0 Å². The van der Waals surface area contributed by atoms with Crippen molar-refractivity contribution < 1.29 is 9.90 Å². The molecule has 2 saturated heterocycles. The zero-order valence-corrected chi connectivity index (χ0v) is 11.9. The SMILES string of the molecule is O=C(c1ccc(O)c(Cl)c1)N1CCN(C2CNC2)CC1. The van der Waals surface area contributed by atoms with Crippen LogP contribution >= 0.6 is 11.6 Å². The Balaban J connectivity index is 1.62. The summed E-state index contributed by atoms with van der Waals surface area (Å²) in [7, 11) is 0. The second-order valence-electron chi connectivity index (χ2n) is 5.31. The van der Waals surface area contributed by atoms with E-state index >= 15 is 0 Å². The van der Waals surface area contributed by atoms with Gasteiger partial charge >= 0.3 is 0 Å². The summed E-state index contributed by atoms with van der Waals surface area (Å²) >= 11 is 5.85. The first-order valence-electron chi connectivity index (χ1n) is 6.88. The van der Waals surface area contributed by atoms with E-state index in [9.17, 15) is 9.90 Å². The third-order valence-electron chi connectivity index (χ3n) is 4.07. The zero-order valence-electron chi connectivity index (χ0n) is 11.2. The molecule has 3 rings (SSSR count). The van der Waals surface area contributed by atoms with Crippen molar-refractivity contribution in [1.29, 1.82) is 0 Å². The van der Waals surface area contributed by atoms with Gasteiger partial charge in [0.1, 0.15) is 5.75 Å². The molecular weight excluding hydrogens is 278 g/mol. The number of hydrogen-bond donors (Lipinski definition) is 2. The van der Waals surface area contributed by atoms with Gasteiger partial charge in [-0.15, -0.1) is 0 Å². The molecule has 20 heavy (non-hydrogen) atoms. The molecular formula is C14H18ClN3O2. The molecule has 6 heteroatoms. The Labute approximate surface area is 123 Å². The summed E-state index contributed by atoms with van der Waals surface area (Å²) in [5.74, 6) is -0.0104. The Kier molecular flexibility index (Phi) is 3.83. The molecule has 0 aliphatic carbocycles. The number of piperazine rings is 1. The fourth-order valence-corrected chi connectivity index (χ4v) is 2.82. The van der Waals surface area contributed by atoms with E-state index in [1.54, 1.807) is 6.07 Å². The molecule has 1 aromatic carbocycles. The number of halogens is 1. The maximum atomic E-state index is 12.4. The minimum Gasteiger partial charge on any atom is -0.506 e. The summed E-state index contributed by atoms with van der Waals surface area (Å²) in [6.07, 6.45) is 0. The second kappa shape index (κ2) is 5.60. The first-order chi connectivity index (χ1) is 9.65. The number of phenolic OH excluding ortho intramolecular Hbond substituents is 1. The van der Waals surface area contributed by atoms with Crippen molar-refractivity contribution in [2.24, 2.45) is 0 Å². The summed E-state index contributed by atoms with van der Waals surface area (Å²) in [6, 6.07) is 5.24. The highest BCUT2D eigenvalue weighted by atomic mass is 35.5. The van der Waals surface area contributed by atoms with Gasteiger partial charge in [0.25, 0.3) is 5.91 Å². The largest absolute Gasteiger partial charge is 0.506 e. The van der Waals surface area contributed by atoms with Gasteiger partial charge in [-0.1, -0.05) is 11.6 Å². The summed E-state index contributed by atoms with van der Waals surface area (Å²) in [5.41, 5.74) is 0.534. The smallest absolute Gasteiger partial charge is 0.253 e. The molecule has 0 bridgehead atoms. The number of amides is 1. The molecule has 0 saturated carbocycles. The molecule has 0 atom stereocenters. The second-order valence-corrected chi connectivity index (χ2v) is 5.71. The lowest BCUT2D eigenvalue weighted by Gasteiger charge is -2.43. The van der Waals surface area contributed by atoms with Crippen molar-refractivity contribution in [3.8, 4) is 5.75 Å². The first kappa shape index (κ1) is 13.7. The molecule has 0 unspecified atom stereocenters. The zero-order chi connectivity index (χ0) is 14.1. The number of carbonyl (C=O) groups is 1. The first-order valence-corrected chi connectivity index (χ1v) is 7.25. The van der Waals surface area contributed by atoms with E-state index in [1.807, 2.05) is 4.90 Å². The van der Waals surface area contributed by atoms with Crippen LogP contribution in [0.15, 0.2) is 18.2 Å². The van der Waals surface area contributed by atoms with Gasteiger partial charge in [0.05, 0.1) is 5.02 Å². The number of nitrogens with zero attached hydrogens (tertiary/aromatic N) is 2. The summed E-state index contributed by atoms with van der Waals surface area (Å²) in [6.45, 7) is 5.44. The number of phenols is 1. The van der Waals surface area contributed by atoms with E-state index in [1.165, 1.54) is 12.1 Å². The van der Waals surface area contributed by atoms with Crippen LogP contribution in [0.3, 0.4) is 0 Å². The third kappa shape index (κ3) is 2.61. The standard InChI is InChI=1S/C14H18ClN3O2/c15-12-7-10(1-2-13(12)19)14(20)18-5-3-17(4-6-18)11-8-16-9-11/h1-2,7,11,16,19H,3-6,8-9H2. The number of nitrogens with one attached hydrogen (secondary N) is 1. The molecule has 0 spiro atoms. The Morgan fingerprint density at radius 3 is 2.50 bits per heavy atom. The normalized spacial score (nSPS) is 20.8. The van der Waals surface area contributed by atoms with Crippen LogP contribution in [0.5, 0.6) is 5.75 Å². The summed E-state index contributed by atoms with van der Waals surface area (Å²) in [5, 5.41) is 12.9. The molecule has 2 fully saturated rings. The van der Waals surface area contributed by atoms with Crippen LogP contribution in [0.25, 0.3) is 0 Å². The highest BCUT2D eigenvalue weighted by Crippen LogP contribution is 2.24. The van der Waals surface area contributed by atoms with Crippen LogP contribution < -0.4 is 5.32 Å². The molecule has 1 aromatic rings. The number of benzene rings is 1. The van der Waals surface area contributed by atoms with E-state index < -0.39 is 0 Å². The van der Waals surface area contributed by atoms with Crippen LogP contribution in [0.2, 0.25) is 5.02 Å². The van der Waals surface area contributed by atoms with Gasteiger partial charge in [0, 0.05) is 50.9 Å². The fourth-order valence-electron chi connectivity index (χ4n) is 2.64. The van der Waals surface area contributed by atoms with Crippen molar-refractivity contribution in [2.75, 3.05) is 39.3 Å². The average Bonchev–Trinajstić information content (AvgIpc) is 2.40. The number of hydrogen-bond acceptors (Lipinski definition) is 4. The highest BCUT2D eigenvalue weighted by Gasteiger charge is 2.29. The van der Waals surface area contributed by atoms with Crippen molar-refractivity contribution in [3.63, 3.8) is 0 Å². The van der Waals surface area contributed by atoms with E-state index in [0.29, 0.717) is 11.6 Å². The molecule has 2 N–H and O–H groups in total. The van der Waals surface area contributed by atoms with Crippen LogP contribution in [-0.2, 0) is 0 Å². The molecule has 0 radical (unpaired) electrons. The maximum Gasteiger partial charge on any atom is 0.253 e. The van der Waals surface area contributed by atoms with Crippen molar-refractivity contribution in [3.05, 3.63) is 28.8 Å². The van der Waals surface area contributed by atoms with Gasteiger partial charge in [-0.2, -0.15) is 0 Å². The number of aromatic hydroxyl groups is 1. The lowest BCUT2D eigenvalue weighted by molar-refractivity contribution is 0.0502. The Hall–Kier alpha value is -1.30. The Morgan fingerprint density at radius 2 is 1.95 bits per heavy atom. The van der Waals surface area contributed by atoms with Crippen molar-refractivity contribution in [2.45, 2.75) is 6.04 Å². The molecule has 2 aliphatic rings. The predicted molar refractivity (Wildman–Crippen MR) is 77.3 cm³/mol. The fraction of sp³-hybridized carbons (Fsp3) is 0.500. The van der Waals surface area contributed by atoms with Crippen LogP contribution in [0, 0.1) is 0 Å². The minimum atomic E-state index is -0.0155. The Bertz CT molecular complexity index is 511. The van der Waals surface area contributed by atoms with Crippen LogP contribution in [0.1, 0.15) is 10.4 Å². The highest BCUT2D eigenvalue weighted by molar-refractivity contribution is 6.32. The predicted octanol–water partition coefficient (Wildman–Crippen LogP) is 0.775. The number of carbonyl (C=O) groups excluding carboxylic acids is 1. The van der Waals surface area contributed by atoms with Gasteiger partial charge in [-0.3, -0.25) is 9.69 Å². The molecule has 108 valence electrons. The lowest BCUT2D eigenvalue weighted by Crippen LogP contribution is -2.62. The molecule has 2 aliphatic heterocycles. The van der Waals surface area contributed by atoms with Crippen molar-refractivity contribution in [1.82, 2.24) is 15.1 Å². The van der Waals surface area contributed by atoms with Gasteiger partial charge in [-0.05, 0) is 18.2 Å². The number of rotatable bonds is 2. The van der Waals surface area contributed by atoms with Gasteiger partial charge in [-0.25, -0.2) is 0 Å². The van der Waals surface area contributed by atoms with Crippen LogP contribution in [0.4, 0.5) is 0 Å². The van der Waals surface area contributed by atoms with Gasteiger partial charge < -0.3 is 15.3 Å². The van der Waals surface area contributed by atoms with E-state index in [4.69, 9.17) is 11.6 Å². The molecule has 1 amide bonds. The molecule has 2 heterocycles. The minimum absolute atomic E-state index is 0.00511. The topological polar surface area (TPSA) is 55.8 Å². The average molecular weight is 296 g/mol. The van der Waals surface area contributed by atoms with Crippen molar-refractivity contribution >= 4 is 17.5 Å². The quantitative estimate of drug-likeness (QED) is 0.846. The Morgan fingerprint density at radius 1 is 1.25 bits per heavy atom. The third-order valence-corrected chi connectivity index (χ3v) is 4.38. The van der Waals surface area contributed by atoms with E-state index in [2.05, 4.69) is 10.2 Å². The summed E-state index contributed by atoms with van der Waals surface area (Å²) < 4.78 is 0. The summed E-state index contributed by atoms with van der Waals surface area (Å²) in [4.78, 5) is 16.7. The monoisotopic (exact) mass is 295 g/mol. The molecule has 5 nitrogen and oxygen atoms in total. The van der Waals surface area contributed by atoms with Gasteiger partial charge in [0.2, 0.25) is 0 Å².